The van der Waals surface area contributed by atoms with E-state index in [1.807, 2.05) is 25.2 Å². The number of hydrogen-bond acceptors (Lipinski definition) is 4. The van der Waals surface area contributed by atoms with Gasteiger partial charge in [0.25, 0.3) is 0 Å². The first-order valence-corrected chi connectivity index (χ1v) is 7.19. The maximum atomic E-state index is 12.0. The largest absolute Gasteiger partial charge is 0.315 e. The molecular weight excluding hydrogens is 266 g/mol. The molecule has 0 radical (unpaired) electrons. The van der Waals surface area contributed by atoms with Crippen LogP contribution in [-0.4, -0.2) is 34.7 Å². The number of rotatable bonds is 5. The Morgan fingerprint density at radius 1 is 1.43 bits per heavy atom. The van der Waals surface area contributed by atoms with Crippen molar-refractivity contribution in [2.24, 2.45) is 0 Å². The van der Waals surface area contributed by atoms with Crippen LogP contribution in [0.25, 0.3) is 0 Å². The Balaban J connectivity index is 1.60. The van der Waals surface area contributed by atoms with Gasteiger partial charge in [-0.15, -0.1) is 0 Å². The number of nitrogens with one attached hydrogen (secondary N) is 2. The number of aryl methyl sites for hydroxylation is 1. The summed E-state index contributed by atoms with van der Waals surface area (Å²) in [7, 11) is 1.83. The van der Waals surface area contributed by atoms with E-state index in [-0.39, 0.29) is 11.9 Å². The molecule has 1 aromatic carbocycles. The summed E-state index contributed by atoms with van der Waals surface area (Å²) in [5.74, 6) is 1.05. The molecule has 6 nitrogen and oxygen atoms in total. The maximum Gasteiger partial charge on any atom is 0.228 e. The molecule has 0 fully saturated rings. The zero-order valence-electron chi connectivity index (χ0n) is 12.0. The number of hydrogen-bond donors (Lipinski definition) is 2. The van der Waals surface area contributed by atoms with Crippen LogP contribution in [0.15, 0.2) is 30.6 Å². The van der Waals surface area contributed by atoms with E-state index in [0.29, 0.717) is 6.42 Å². The second-order valence-corrected chi connectivity index (χ2v) is 5.26. The summed E-state index contributed by atoms with van der Waals surface area (Å²) in [6.45, 7) is 0.844. The minimum Gasteiger partial charge on any atom is -0.315 e. The minimum absolute atomic E-state index is 0.0969. The Labute approximate surface area is 123 Å². The molecular formula is C15H19N5O. The number of para-hydroxylation sites is 1. The number of benzene rings is 1. The van der Waals surface area contributed by atoms with Crippen molar-refractivity contribution in [3.8, 4) is 0 Å². The van der Waals surface area contributed by atoms with Gasteiger partial charge in [-0.3, -0.25) is 9.89 Å². The molecule has 1 unspecified atom stereocenters. The smallest absolute Gasteiger partial charge is 0.228 e. The van der Waals surface area contributed by atoms with Crippen molar-refractivity contribution < 1.29 is 4.79 Å². The van der Waals surface area contributed by atoms with Crippen LogP contribution in [0.4, 0.5) is 5.69 Å². The Kier molecular flexibility index (Phi) is 3.96. The normalized spacial score (nSPS) is 17.9. The van der Waals surface area contributed by atoms with Crippen molar-refractivity contribution in [3.05, 3.63) is 42.0 Å². The second kappa shape index (κ2) is 6.05. The van der Waals surface area contributed by atoms with E-state index >= 15 is 0 Å². The third kappa shape index (κ3) is 2.95. The van der Waals surface area contributed by atoms with E-state index in [1.54, 1.807) is 4.90 Å². The number of anilines is 1. The lowest BCUT2D eigenvalue weighted by atomic mass is 9.96. The molecule has 1 aromatic heterocycles. The van der Waals surface area contributed by atoms with Gasteiger partial charge in [0.2, 0.25) is 5.91 Å². The first kappa shape index (κ1) is 13.8. The van der Waals surface area contributed by atoms with Gasteiger partial charge in [0.1, 0.15) is 12.2 Å². The maximum absolute atomic E-state index is 12.0. The molecule has 0 aliphatic carbocycles. The summed E-state index contributed by atoms with van der Waals surface area (Å²) in [6.07, 6.45) is 3.84. The number of carbonyl (C=O) groups excluding carboxylic acids is 1. The molecule has 1 atom stereocenters. The second-order valence-electron chi connectivity index (χ2n) is 5.26. The highest BCUT2D eigenvalue weighted by Crippen LogP contribution is 2.33. The molecule has 3 rings (SSSR count). The molecule has 2 aromatic rings. The fourth-order valence-electron chi connectivity index (χ4n) is 2.71. The lowest BCUT2D eigenvalue weighted by molar-refractivity contribution is -0.119. The van der Waals surface area contributed by atoms with Crippen molar-refractivity contribution in [2.75, 3.05) is 18.5 Å². The highest BCUT2D eigenvalue weighted by molar-refractivity contribution is 5.96. The van der Waals surface area contributed by atoms with Gasteiger partial charge < -0.3 is 10.2 Å². The van der Waals surface area contributed by atoms with E-state index in [9.17, 15) is 4.79 Å². The molecule has 0 saturated carbocycles. The van der Waals surface area contributed by atoms with E-state index in [0.717, 1.165) is 30.9 Å². The standard InChI is InChI=1S/C15H19N5O/c1-20-13-6-3-2-5-11(13)12(9-15(20)21)16-8-4-7-14-17-10-18-19-14/h2-3,5-6,10,12,16H,4,7-9H2,1H3,(H,17,18,19). The summed E-state index contributed by atoms with van der Waals surface area (Å²) in [4.78, 5) is 17.9. The first-order valence-electron chi connectivity index (χ1n) is 7.19. The number of H-pyrrole nitrogens is 1. The van der Waals surface area contributed by atoms with Crippen LogP contribution in [0.1, 0.15) is 30.3 Å². The van der Waals surface area contributed by atoms with E-state index in [1.165, 1.54) is 11.9 Å². The van der Waals surface area contributed by atoms with Crippen LogP contribution in [0, 0.1) is 0 Å². The Bertz CT molecular complexity index is 610. The molecule has 1 aliphatic heterocycles. The zero-order chi connectivity index (χ0) is 14.7. The molecule has 2 heterocycles. The van der Waals surface area contributed by atoms with E-state index in [4.69, 9.17) is 0 Å². The zero-order valence-corrected chi connectivity index (χ0v) is 12.0. The first-order chi connectivity index (χ1) is 10.3. The summed E-state index contributed by atoms with van der Waals surface area (Å²) in [5, 5.41) is 10.2. The van der Waals surface area contributed by atoms with Crippen LogP contribution in [0.3, 0.4) is 0 Å². The molecule has 21 heavy (non-hydrogen) atoms. The number of fused-ring (bicyclic) bond motifs is 1. The van der Waals surface area contributed by atoms with Gasteiger partial charge in [-0.05, 0) is 24.6 Å². The predicted molar refractivity (Wildman–Crippen MR) is 79.9 cm³/mol. The van der Waals surface area contributed by atoms with Gasteiger partial charge in [-0.2, -0.15) is 5.10 Å². The summed E-state index contributed by atoms with van der Waals surface area (Å²) in [5.41, 5.74) is 2.20. The Hall–Kier alpha value is -2.21. The van der Waals surface area contributed by atoms with Crippen molar-refractivity contribution in [1.82, 2.24) is 20.5 Å². The van der Waals surface area contributed by atoms with E-state index < -0.39 is 0 Å². The van der Waals surface area contributed by atoms with Crippen molar-refractivity contribution >= 4 is 11.6 Å². The van der Waals surface area contributed by atoms with Crippen molar-refractivity contribution in [3.63, 3.8) is 0 Å². The van der Waals surface area contributed by atoms with E-state index in [2.05, 4.69) is 26.6 Å². The molecule has 0 saturated heterocycles. The van der Waals surface area contributed by atoms with Crippen LogP contribution < -0.4 is 10.2 Å². The molecule has 110 valence electrons. The summed E-state index contributed by atoms with van der Waals surface area (Å²) in [6, 6.07) is 8.17. The quantitative estimate of drug-likeness (QED) is 0.815. The average Bonchev–Trinajstić information content (AvgIpc) is 3.02. The molecule has 0 bridgehead atoms. The number of aromatic nitrogens is 3. The van der Waals surface area contributed by atoms with Gasteiger partial charge >= 0.3 is 0 Å². The van der Waals surface area contributed by atoms with Gasteiger partial charge in [-0.25, -0.2) is 4.98 Å². The number of nitrogens with zero attached hydrogens (tertiary/aromatic N) is 3. The van der Waals surface area contributed by atoms with Gasteiger partial charge in [-0.1, -0.05) is 18.2 Å². The van der Waals surface area contributed by atoms with Crippen LogP contribution >= 0.6 is 0 Å². The van der Waals surface area contributed by atoms with Crippen LogP contribution in [0.5, 0.6) is 0 Å². The molecule has 2 N–H and O–H groups in total. The van der Waals surface area contributed by atoms with Crippen molar-refractivity contribution in [1.29, 1.82) is 0 Å². The monoisotopic (exact) mass is 285 g/mol. The SMILES string of the molecule is CN1C(=O)CC(NCCCc2ncn[nH]2)c2ccccc21. The van der Waals surface area contributed by atoms with Crippen LogP contribution in [0.2, 0.25) is 0 Å². The molecule has 0 spiro atoms. The fourth-order valence-corrected chi connectivity index (χ4v) is 2.71. The minimum atomic E-state index is 0.0969. The van der Waals surface area contributed by atoms with Gasteiger partial charge in [0.05, 0.1) is 0 Å². The molecule has 6 heteroatoms. The molecule has 1 aliphatic rings. The summed E-state index contributed by atoms with van der Waals surface area (Å²) >= 11 is 0. The summed E-state index contributed by atoms with van der Waals surface area (Å²) < 4.78 is 0. The lowest BCUT2D eigenvalue weighted by Crippen LogP contribution is -2.38. The predicted octanol–water partition coefficient (Wildman–Crippen LogP) is 1.43. The fraction of sp³-hybridized carbons (Fsp3) is 0.400. The van der Waals surface area contributed by atoms with Crippen molar-refractivity contribution in [2.45, 2.75) is 25.3 Å². The number of aromatic amines is 1. The lowest BCUT2D eigenvalue weighted by Gasteiger charge is -2.32. The highest BCUT2D eigenvalue weighted by atomic mass is 16.2. The third-order valence-corrected chi connectivity index (χ3v) is 3.87. The number of carbonyl (C=O) groups is 1. The Morgan fingerprint density at radius 2 is 2.29 bits per heavy atom. The topological polar surface area (TPSA) is 73.9 Å². The van der Waals surface area contributed by atoms with Gasteiger partial charge in [0.15, 0.2) is 0 Å². The third-order valence-electron chi connectivity index (χ3n) is 3.87. The Morgan fingerprint density at radius 3 is 3.10 bits per heavy atom. The average molecular weight is 285 g/mol. The van der Waals surface area contributed by atoms with Gasteiger partial charge in [0, 0.05) is 31.6 Å². The number of amides is 1. The molecule has 1 amide bonds. The highest BCUT2D eigenvalue weighted by Gasteiger charge is 2.28. The van der Waals surface area contributed by atoms with Crippen LogP contribution in [-0.2, 0) is 11.2 Å².